The molecule has 1 unspecified atom stereocenters. The molecule has 3 heterocycles. The number of hydrogen-bond donors (Lipinski definition) is 1. The van der Waals surface area contributed by atoms with E-state index in [0.717, 1.165) is 43.3 Å². The van der Waals surface area contributed by atoms with Crippen LogP contribution < -0.4 is 15.0 Å². The van der Waals surface area contributed by atoms with E-state index >= 15 is 0 Å². The van der Waals surface area contributed by atoms with Gasteiger partial charge in [-0.25, -0.2) is 9.37 Å². The highest BCUT2D eigenvalue weighted by Gasteiger charge is 2.25. The Hall–Kier alpha value is -2.60. The van der Waals surface area contributed by atoms with Crippen LogP contribution in [-0.2, 0) is 0 Å². The zero-order valence-electron chi connectivity index (χ0n) is 15.8. The zero-order chi connectivity index (χ0) is 18.8. The van der Waals surface area contributed by atoms with Crippen molar-refractivity contribution in [3.8, 4) is 5.75 Å². The number of pyridine rings is 1. The third kappa shape index (κ3) is 3.62. The van der Waals surface area contributed by atoms with Crippen molar-refractivity contribution in [1.82, 2.24) is 15.2 Å². The fourth-order valence-corrected chi connectivity index (χ4v) is 3.73. The number of hydrogen-bond acceptors (Lipinski definition) is 5. The van der Waals surface area contributed by atoms with Gasteiger partial charge in [-0.3, -0.25) is 0 Å². The van der Waals surface area contributed by atoms with Crippen molar-refractivity contribution in [1.29, 1.82) is 0 Å². The molecule has 1 saturated heterocycles. The smallest absolute Gasteiger partial charge is 0.134 e. The lowest BCUT2D eigenvalue weighted by Gasteiger charge is -2.33. The minimum Gasteiger partial charge on any atom is -0.496 e. The van der Waals surface area contributed by atoms with E-state index in [4.69, 9.17) is 9.72 Å². The van der Waals surface area contributed by atoms with Crippen LogP contribution in [0.2, 0.25) is 0 Å². The summed E-state index contributed by atoms with van der Waals surface area (Å²) >= 11 is 0. The highest BCUT2D eigenvalue weighted by molar-refractivity contribution is 5.73. The molecule has 0 radical (unpaired) electrons. The summed E-state index contributed by atoms with van der Waals surface area (Å²) in [6.07, 6.45) is 2.56. The van der Waals surface area contributed by atoms with Crippen molar-refractivity contribution in [2.45, 2.75) is 12.5 Å². The highest BCUT2D eigenvalue weighted by atomic mass is 19.1. The lowest BCUT2D eigenvalue weighted by atomic mass is 9.99. The summed E-state index contributed by atoms with van der Waals surface area (Å²) in [5.74, 6) is 1.31. The summed E-state index contributed by atoms with van der Waals surface area (Å²) in [7, 11) is 3.72. The molecular formula is C21H25FN4O. The molecule has 1 aromatic heterocycles. The van der Waals surface area contributed by atoms with E-state index in [1.165, 1.54) is 6.07 Å². The maximum atomic E-state index is 14.4. The van der Waals surface area contributed by atoms with Crippen molar-refractivity contribution in [3.05, 3.63) is 59.7 Å². The lowest BCUT2D eigenvalue weighted by molar-refractivity contribution is 0.312. The van der Waals surface area contributed by atoms with Crippen LogP contribution in [0.1, 0.15) is 23.7 Å². The molecule has 1 aromatic carbocycles. The number of aromatic nitrogens is 1. The first-order valence-corrected chi connectivity index (χ1v) is 9.34. The van der Waals surface area contributed by atoms with Gasteiger partial charge in [-0.05, 0) is 36.9 Å². The maximum Gasteiger partial charge on any atom is 0.134 e. The highest BCUT2D eigenvalue weighted by Crippen LogP contribution is 2.37. The number of nitrogens with one attached hydrogen (secondary N) is 1. The largest absolute Gasteiger partial charge is 0.496 e. The Kier molecular flexibility index (Phi) is 4.99. The van der Waals surface area contributed by atoms with Gasteiger partial charge in [0.05, 0.1) is 24.4 Å². The molecule has 2 aromatic rings. The third-order valence-electron chi connectivity index (χ3n) is 5.34. The molecule has 1 fully saturated rings. The van der Waals surface area contributed by atoms with Gasteiger partial charge in [-0.1, -0.05) is 12.1 Å². The zero-order valence-corrected chi connectivity index (χ0v) is 15.8. The van der Waals surface area contributed by atoms with Crippen LogP contribution >= 0.6 is 0 Å². The van der Waals surface area contributed by atoms with Gasteiger partial charge in [0.25, 0.3) is 0 Å². The number of piperazine rings is 1. The van der Waals surface area contributed by atoms with E-state index in [1.54, 1.807) is 19.2 Å². The van der Waals surface area contributed by atoms with Gasteiger partial charge in [-0.2, -0.15) is 0 Å². The van der Waals surface area contributed by atoms with E-state index in [-0.39, 0.29) is 11.9 Å². The number of ether oxygens (including phenoxy) is 1. The van der Waals surface area contributed by atoms with Crippen LogP contribution in [0, 0.1) is 5.82 Å². The Bertz CT molecular complexity index is 846. The Labute approximate surface area is 159 Å². The number of likely N-dealkylation sites (N-methyl/N-ethyl adjacent to an activating group) is 1. The number of benzene rings is 1. The fourth-order valence-electron chi connectivity index (χ4n) is 3.73. The van der Waals surface area contributed by atoms with Gasteiger partial charge < -0.3 is 19.9 Å². The number of methoxy groups -OCH3 is 1. The van der Waals surface area contributed by atoms with Crippen LogP contribution in [0.3, 0.4) is 0 Å². The summed E-state index contributed by atoms with van der Waals surface area (Å²) in [6, 6.07) is 11.1. The van der Waals surface area contributed by atoms with Crippen LogP contribution in [-0.4, -0.2) is 50.2 Å². The molecule has 2 aliphatic rings. The van der Waals surface area contributed by atoms with Crippen LogP contribution in [0.5, 0.6) is 5.75 Å². The van der Waals surface area contributed by atoms with Crippen molar-refractivity contribution < 1.29 is 9.13 Å². The first kappa shape index (κ1) is 17.8. The van der Waals surface area contributed by atoms with E-state index < -0.39 is 0 Å². The third-order valence-corrected chi connectivity index (χ3v) is 5.34. The van der Waals surface area contributed by atoms with E-state index in [0.29, 0.717) is 17.7 Å². The van der Waals surface area contributed by atoms with Crippen LogP contribution in [0.25, 0.3) is 5.57 Å². The molecule has 0 bridgehead atoms. The molecule has 5 nitrogen and oxygen atoms in total. The summed E-state index contributed by atoms with van der Waals surface area (Å²) in [5, 5.41) is 3.36. The first-order valence-electron chi connectivity index (χ1n) is 9.34. The number of halogens is 1. The average Bonchev–Trinajstić information content (AvgIpc) is 3.18. The predicted octanol–water partition coefficient (Wildman–Crippen LogP) is 3.06. The SMILES string of the molecule is COc1cccc(F)c1C1=CNC(c2cccc(N3CCN(C)CC3)n2)C1. The fraction of sp³-hybridized carbons (Fsp3) is 0.381. The Morgan fingerprint density at radius 1 is 1.11 bits per heavy atom. The normalized spacial score (nSPS) is 20.3. The second-order valence-corrected chi connectivity index (χ2v) is 7.12. The van der Waals surface area contributed by atoms with Gasteiger partial charge in [0.15, 0.2) is 0 Å². The van der Waals surface area contributed by atoms with Gasteiger partial charge >= 0.3 is 0 Å². The van der Waals surface area contributed by atoms with Crippen molar-refractivity contribution in [3.63, 3.8) is 0 Å². The van der Waals surface area contributed by atoms with Gasteiger partial charge in [0.1, 0.15) is 17.4 Å². The Balaban J connectivity index is 1.51. The van der Waals surface area contributed by atoms with E-state index in [2.05, 4.69) is 34.3 Å². The van der Waals surface area contributed by atoms with E-state index in [1.807, 2.05) is 12.3 Å². The van der Waals surface area contributed by atoms with Crippen LogP contribution in [0.4, 0.5) is 10.2 Å². The molecule has 0 aliphatic carbocycles. The minimum atomic E-state index is -0.262. The molecule has 6 heteroatoms. The molecule has 27 heavy (non-hydrogen) atoms. The molecule has 2 aliphatic heterocycles. The molecule has 0 saturated carbocycles. The van der Waals surface area contributed by atoms with Gasteiger partial charge in [-0.15, -0.1) is 0 Å². The number of rotatable bonds is 4. The monoisotopic (exact) mass is 368 g/mol. The van der Waals surface area contributed by atoms with Gasteiger partial charge in [0.2, 0.25) is 0 Å². The number of nitrogens with zero attached hydrogens (tertiary/aromatic N) is 3. The van der Waals surface area contributed by atoms with E-state index in [9.17, 15) is 4.39 Å². The molecule has 1 atom stereocenters. The average molecular weight is 368 g/mol. The molecule has 4 rings (SSSR count). The minimum absolute atomic E-state index is 0.0386. The Morgan fingerprint density at radius 2 is 1.89 bits per heavy atom. The van der Waals surface area contributed by atoms with Crippen molar-refractivity contribution in [2.75, 3.05) is 45.2 Å². The molecular weight excluding hydrogens is 343 g/mol. The molecule has 0 spiro atoms. The number of anilines is 1. The molecule has 142 valence electrons. The second kappa shape index (κ2) is 7.56. The summed E-state index contributed by atoms with van der Waals surface area (Å²) in [6.45, 7) is 4.07. The summed E-state index contributed by atoms with van der Waals surface area (Å²) < 4.78 is 19.7. The quantitative estimate of drug-likeness (QED) is 0.898. The maximum absolute atomic E-state index is 14.4. The summed E-state index contributed by atoms with van der Waals surface area (Å²) in [5.41, 5.74) is 2.42. The van der Waals surface area contributed by atoms with Crippen molar-refractivity contribution >= 4 is 11.4 Å². The van der Waals surface area contributed by atoms with Crippen LogP contribution in [0.15, 0.2) is 42.6 Å². The van der Waals surface area contributed by atoms with Crippen molar-refractivity contribution in [2.24, 2.45) is 0 Å². The predicted molar refractivity (Wildman–Crippen MR) is 105 cm³/mol. The Morgan fingerprint density at radius 3 is 2.67 bits per heavy atom. The summed E-state index contributed by atoms with van der Waals surface area (Å²) in [4.78, 5) is 9.54. The standard InChI is InChI=1S/C21H25FN4O/c1-25-9-11-26(12-10-25)20-8-4-6-17(24-20)18-13-15(14-23-18)21-16(22)5-3-7-19(21)27-2/h3-8,14,18,23H,9-13H2,1-2H3. The lowest BCUT2D eigenvalue weighted by Crippen LogP contribution is -2.44. The van der Waals surface area contributed by atoms with Gasteiger partial charge in [0, 0.05) is 38.8 Å². The molecule has 0 amide bonds. The molecule has 1 N–H and O–H groups in total. The topological polar surface area (TPSA) is 40.6 Å². The first-order chi connectivity index (χ1) is 13.2. The second-order valence-electron chi connectivity index (χ2n) is 7.12.